The van der Waals surface area contributed by atoms with E-state index in [-0.39, 0.29) is 6.04 Å². The number of halogens is 3. The summed E-state index contributed by atoms with van der Waals surface area (Å²) in [6, 6.07) is 12.4. The number of hydrazine groups is 1. The zero-order valence-electron chi connectivity index (χ0n) is 10.7. The van der Waals surface area contributed by atoms with Gasteiger partial charge in [-0.3, -0.25) is 5.84 Å². The Hall–Kier alpha value is -1.23. The van der Waals surface area contributed by atoms with Crippen molar-refractivity contribution in [3.63, 3.8) is 0 Å². The largest absolute Gasteiger partial charge is 0.457 e. The summed E-state index contributed by atoms with van der Waals surface area (Å²) < 4.78 is 5.83. The predicted molar refractivity (Wildman–Crippen MR) is 86.9 cm³/mol. The van der Waals surface area contributed by atoms with E-state index in [1.807, 2.05) is 24.3 Å². The molecule has 0 amide bonds. The molecule has 2 aromatic carbocycles. The van der Waals surface area contributed by atoms with Crippen LogP contribution >= 0.6 is 34.8 Å². The zero-order valence-corrected chi connectivity index (χ0v) is 13.0. The molecule has 108 valence electrons. The third-order valence-corrected chi connectivity index (χ3v) is 4.28. The number of para-hydroxylation sites is 1. The van der Waals surface area contributed by atoms with Crippen LogP contribution in [0.2, 0.25) is 15.1 Å². The zero-order chi connectivity index (χ0) is 15.0. The fraction of sp³-hybridized carbons (Fsp3) is 0.0667. The maximum Gasteiger partial charge on any atom is 0.152 e. The first kappa shape index (κ1) is 14.7. The van der Waals surface area contributed by atoms with Crippen molar-refractivity contribution in [3.8, 4) is 0 Å². The van der Waals surface area contributed by atoms with Crippen molar-refractivity contribution in [2.45, 2.75) is 6.04 Å². The van der Waals surface area contributed by atoms with Crippen molar-refractivity contribution in [1.82, 2.24) is 5.43 Å². The summed E-state index contributed by atoms with van der Waals surface area (Å²) in [5.41, 5.74) is 4.21. The van der Waals surface area contributed by atoms with E-state index in [4.69, 9.17) is 45.1 Å². The fourth-order valence-corrected chi connectivity index (χ4v) is 2.75. The summed E-state index contributed by atoms with van der Waals surface area (Å²) in [7, 11) is 0. The van der Waals surface area contributed by atoms with E-state index in [1.54, 1.807) is 18.2 Å². The highest BCUT2D eigenvalue weighted by Crippen LogP contribution is 2.33. The minimum atomic E-state index is -0.344. The fourth-order valence-electron chi connectivity index (χ4n) is 2.22. The summed E-state index contributed by atoms with van der Waals surface area (Å²) in [4.78, 5) is 0. The lowest BCUT2D eigenvalue weighted by atomic mass is 10.1. The van der Waals surface area contributed by atoms with Gasteiger partial charge >= 0.3 is 0 Å². The number of hydrogen-bond donors (Lipinski definition) is 2. The van der Waals surface area contributed by atoms with Crippen LogP contribution < -0.4 is 11.3 Å². The molecule has 0 radical (unpaired) electrons. The van der Waals surface area contributed by atoms with Crippen LogP contribution in [0.5, 0.6) is 0 Å². The van der Waals surface area contributed by atoms with Gasteiger partial charge in [-0.2, -0.15) is 0 Å². The van der Waals surface area contributed by atoms with E-state index in [2.05, 4.69) is 5.43 Å². The first-order valence-corrected chi connectivity index (χ1v) is 7.32. The second-order valence-corrected chi connectivity index (χ2v) is 5.80. The van der Waals surface area contributed by atoms with Crippen molar-refractivity contribution < 1.29 is 4.42 Å². The molecule has 0 aliphatic rings. The minimum absolute atomic E-state index is 0.344. The molecule has 1 unspecified atom stereocenters. The second kappa shape index (κ2) is 5.87. The molecule has 1 aromatic heterocycles. The number of rotatable bonds is 3. The third-order valence-electron chi connectivity index (χ3n) is 3.24. The smallest absolute Gasteiger partial charge is 0.152 e. The van der Waals surface area contributed by atoms with E-state index >= 15 is 0 Å². The molecule has 0 bridgehead atoms. The number of nitrogens with one attached hydrogen (secondary N) is 1. The average molecular weight is 342 g/mol. The Morgan fingerprint density at radius 3 is 2.43 bits per heavy atom. The molecule has 21 heavy (non-hydrogen) atoms. The normalized spacial score (nSPS) is 12.8. The number of hydrogen-bond acceptors (Lipinski definition) is 3. The van der Waals surface area contributed by atoms with Gasteiger partial charge in [0.1, 0.15) is 11.8 Å². The van der Waals surface area contributed by atoms with E-state index in [1.165, 1.54) is 0 Å². The molecule has 1 heterocycles. The van der Waals surface area contributed by atoms with Gasteiger partial charge in [0, 0.05) is 5.39 Å². The van der Waals surface area contributed by atoms with Crippen LogP contribution in [0.3, 0.4) is 0 Å². The van der Waals surface area contributed by atoms with Crippen molar-refractivity contribution in [1.29, 1.82) is 0 Å². The van der Waals surface area contributed by atoms with Crippen LogP contribution in [0.1, 0.15) is 17.4 Å². The van der Waals surface area contributed by atoms with Crippen LogP contribution in [0.4, 0.5) is 0 Å². The monoisotopic (exact) mass is 340 g/mol. The molecular formula is C15H11Cl3N2O. The highest BCUT2D eigenvalue weighted by atomic mass is 35.5. The predicted octanol–water partition coefficient (Wildman–Crippen LogP) is 4.95. The van der Waals surface area contributed by atoms with Crippen LogP contribution in [-0.2, 0) is 0 Å². The van der Waals surface area contributed by atoms with Crippen LogP contribution in [0.15, 0.2) is 46.9 Å². The maximum atomic E-state index is 6.13. The van der Waals surface area contributed by atoms with E-state index in [0.29, 0.717) is 26.4 Å². The molecule has 6 heteroatoms. The van der Waals surface area contributed by atoms with Gasteiger partial charge in [0.2, 0.25) is 0 Å². The van der Waals surface area contributed by atoms with E-state index in [9.17, 15) is 0 Å². The van der Waals surface area contributed by atoms with Gasteiger partial charge in [0.25, 0.3) is 0 Å². The molecule has 3 aromatic rings. The van der Waals surface area contributed by atoms with Gasteiger partial charge in [-0.25, -0.2) is 5.43 Å². The molecule has 0 saturated heterocycles. The first-order valence-electron chi connectivity index (χ1n) is 6.19. The Morgan fingerprint density at radius 1 is 0.952 bits per heavy atom. The van der Waals surface area contributed by atoms with Gasteiger partial charge in [-0.1, -0.05) is 53.0 Å². The lowest BCUT2D eigenvalue weighted by Gasteiger charge is -2.14. The average Bonchev–Trinajstić information content (AvgIpc) is 2.89. The molecule has 0 spiro atoms. The molecule has 0 fully saturated rings. The Morgan fingerprint density at radius 2 is 1.76 bits per heavy atom. The van der Waals surface area contributed by atoms with E-state index < -0.39 is 0 Å². The van der Waals surface area contributed by atoms with Crippen molar-refractivity contribution >= 4 is 45.8 Å². The highest BCUT2D eigenvalue weighted by molar-refractivity contribution is 6.42. The van der Waals surface area contributed by atoms with Crippen LogP contribution in [-0.4, -0.2) is 0 Å². The Kier molecular flexibility index (Phi) is 4.11. The lowest BCUT2D eigenvalue weighted by molar-refractivity contribution is 0.477. The quantitative estimate of drug-likeness (QED) is 0.524. The minimum Gasteiger partial charge on any atom is -0.457 e. The summed E-state index contributed by atoms with van der Waals surface area (Å²) in [5, 5.41) is 2.42. The van der Waals surface area contributed by atoms with Crippen LogP contribution in [0.25, 0.3) is 11.0 Å². The maximum absolute atomic E-state index is 6.13. The second-order valence-electron chi connectivity index (χ2n) is 4.58. The molecule has 0 saturated carbocycles. The van der Waals surface area contributed by atoms with Gasteiger partial charge in [-0.15, -0.1) is 0 Å². The van der Waals surface area contributed by atoms with Gasteiger partial charge in [0.15, 0.2) is 5.58 Å². The lowest BCUT2D eigenvalue weighted by Crippen LogP contribution is -2.28. The van der Waals surface area contributed by atoms with Gasteiger partial charge < -0.3 is 4.42 Å². The molecule has 3 nitrogen and oxygen atoms in total. The summed E-state index contributed by atoms with van der Waals surface area (Å²) >= 11 is 18.1. The van der Waals surface area contributed by atoms with E-state index in [0.717, 1.165) is 10.9 Å². The molecule has 3 rings (SSSR count). The number of fused-ring (bicyclic) bond motifs is 1. The number of benzene rings is 2. The van der Waals surface area contributed by atoms with Crippen LogP contribution in [0, 0.1) is 0 Å². The SMILES string of the molecule is NNC(c1ccc(Cl)c(Cl)c1)c1cc2cccc(Cl)c2o1. The highest BCUT2D eigenvalue weighted by Gasteiger charge is 2.19. The number of nitrogens with two attached hydrogens (primary N) is 1. The standard InChI is InChI=1S/C15H11Cl3N2O/c16-10-5-4-8(6-12(10)18)14(20-19)13-7-9-2-1-3-11(17)15(9)21-13/h1-7,14,20H,19H2. The van der Waals surface area contributed by atoms with Crippen molar-refractivity contribution in [2.24, 2.45) is 5.84 Å². The van der Waals surface area contributed by atoms with Crippen molar-refractivity contribution in [2.75, 3.05) is 0 Å². The van der Waals surface area contributed by atoms with Gasteiger partial charge in [0.05, 0.1) is 15.1 Å². The molecular weight excluding hydrogens is 331 g/mol. The summed E-state index contributed by atoms with van der Waals surface area (Å²) in [5.74, 6) is 6.32. The molecule has 0 aliphatic heterocycles. The summed E-state index contributed by atoms with van der Waals surface area (Å²) in [6.45, 7) is 0. The molecule has 1 atom stereocenters. The third kappa shape index (κ3) is 2.76. The first-order chi connectivity index (χ1) is 10.1. The molecule has 3 N–H and O–H groups in total. The Balaban J connectivity index is 2.09. The van der Waals surface area contributed by atoms with Crippen molar-refractivity contribution in [3.05, 3.63) is 68.9 Å². The number of furan rings is 1. The Labute approximate surface area is 136 Å². The molecule has 0 aliphatic carbocycles. The topological polar surface area (TPSA) is 51.2 Å². The Bertz CT molecular complexity index is 801. The summed E-state index contributed by atoms with van der Waals surface area (Å²) in [6.07, 6.45) is 0. The van der Waals surface area contributed by atoms with Gasteiger partial charge in [-0.05, 0) is 29.8 Å².